The first kappa shape index (κ1) is 16.0. The lowest BCUT2D eigenvalue weighted by Gasteiger charge is -2.32. The summed E-state index contributed by atoms with van der Waals surface area (Å²) in [5.41, 5.74) is 0. The Morgan fingerprint density at radius 1 is 1.26 bits per heavy atom. The third kappa shape index (κ3) is 5.59. The molecule has 0 spiro atoms. The van der Waals surface area contributed by atoms with Crippen LogP contribution in [0.15, 0.2) is 0 Å². The fourth-order valence-electron chi connectivity index (χ4n) is 2.38. The molecule has 5 nitrogen and oxygen atoms in total. The van der Waals surface area contributed by atoms with Gasteiger partial charge in [-0.15, -0.1) is 0 Å². The number of rotatable bonds is 7. The molecule has 0 saturated carbocycles. The highest BCUT2D eigenvalue weighted by Gasteiger charge is 2.27. The first-order valence-electron chi connectivity index (χ1n) is 7.45. The normalized spacial score (nSPS) is 19.3. The van der Waals surface area contributed by atoms with Crippen LogP contribution >= 0.6 is 0 Å². The second-order valence-electron chi connectivity index (χ2n) is 5.07. The van der Waals surface area contributed by atoms with Crippen molar-refractivity contribution in [1.29, 1.82) is 0 Å². The minimum atomic E-state index is -0.0313. The van der Waals surface area contributed by atoms with Crippen LogP contribution in [0.2, 0.25) is 0 Å². The van der Waals surface area contributed by atoms with E-state index in [1.807, 2.05) is 18.7 Å². The van der Waals surface area contributed by atoms with Crippen LogP contribution in [0, 0.1) is 5.92 Å². The zero-order chi connectivity index (χ0) is 14.1. The molecule has 1 saturated heterocycles. The zero-order valence-corrected chi connectivity index (χ0v) is 12.2. The Labute approximate surface area is 116 Å². The number of carbonyl (C=O) groups is 2. The minimum Gasteiger partial charge on any atom is -0.355 e. The molecule has 2 N–H and O–H groups in total. The summed E-state index contributed by atoms with van der Waals surface area (Å²) in [4.78, 5) is 25.7. The molecule has 0 aliphatic carbocycles. The molecule has 1 heterocycles. The molecule has 1 rings (SSSR count). The van der Waals surface area contributed by atoms with Gasteiger partial charge in [-0.3, -0.25) is 9.59 Å². The van der Waals surface area contributed by atoms with Gasteiger partial charge < -0.3 is 15.5 Å². The summed E-state index contributed by atoms with van der Waals surface area (Å²) in [6.07, 6.45) is 3.29. The molecule has 5 heteroatoms. The van der Waals surface area contributed by atoms with Crippen molar-refractivity contribution in [2.45, 2.75) is 39.5 Å². The Morgan fingerprint density at radius 3 is 2.74 bits per heavy atom. The van der Waals surface area contributed by atoms with Gasteiger partial charge in [0.15, 0.2) is 0 Å². The van der Waals surface area contributed by atoms with Crippen molar-refractivity contribution in [3.05, 3.63) is 0 Å². The highest BCUT2D eigenvalue weighted by molar-refractivity contribution is 5.81. The summed E-state index contributed by atoms with van der Waals surface area (Å²) in [7, 11) is 0. The van der Waals surface area contributed by atoms with Gasteiger partial charge in [0.05, 0.1) is 5.92 Å². The molecule has 0 bridgehead atoms. The maximum atomic E-state index is 12.0. The Morgan fingerprint density at radius 2 is 2.05 bits per heavy atom. The molecule has 19 heavy (non-hydrogen) atoms. The Hall–Kier alpha value is -1.10. The van der Waals surface area contributed by atoms with Gasteiger partial charge in [0.1, 0.15) is 0 Å². The van der Waals surface area contributed by atoms with Crippen molar-refractivity contribution in [3.8, 4) is 0 Å². The third-order valence-corrected chi connectivity index (χ3v) is 3.46. The molecular formula is C14H27N3O2. The molecule has 1 unspecified atom stereocenters. The maximum absolute atomic E-state index is 12.0. The summed E-state index contributed by atoms with van der Waals surface area (Å²) >= 11 is 0. The van der Waals surface area contributed by atoms with Gasteiger partial charge in [-0.1, -0.05) is 13.8 Å². The number of carbonyl (C=O) groups excluding carboxylic acids is 2. The van der Waals surface area contributed by atoms with Crippen molar-refractivity contribution in [3.63, 3.8) is 0 Å². The average Bonchev–Trinajstić information content (AvgIpc) is 2.44. The Bertz CT molecular complexity index is 294. The van der Waals surface area contributed by atoms with E-state index in [1.165, 1.54) is 0 Å². The predicted molar refractivity (Wildman–Crippen MR) is 75.8 cm³/mol. The highest BCUT2D eigenvalue weighted by atomic mass is 16.2. The van der Waals surface area contributed by atoms with Gasteiger partial charge in [-0.05, 0) is 25.8 Å². The largest absolute Gasteiger partial charge is 0.355 e. The van der Waals surface area contributed by atoms with Crippen LogP contribution in [0.3, 0.4) is 0 Å². The summed E-state index contributed by atoms with van der Waals surface area (Å²) in [6, 6.07) is 0. The van der Waals surface area contributed by atoms with Crippen molar-refractivity contribution in [2.24, 2.45) is 5.92 Å². The number of likely N-dealkylation sites (N-methyl/N-ethyl adjacent to an activating group) is 1. The monoisotopic (exact) mass is 269 g/mol. The average molecular weight is 269 g/mol. The number of hydrogen-bond donors (Lipinski definition) is 2. The quantitative estimate of drug-likeness (QED) is 0.671. The number of hydrogen-bond acceptors (Lipinski definition) is 3. The minimum absolute atomic E-state index is 0.0313. The molecule has 2 amide bonds. The standard InChI is InChI=1S/C14H27N3O2/c1-3-6-13(18)17-10-5-7-12(11-17)14(19)16-9-8-15-4-2/h12,15H,3-11H2,1-2H3,(H,16,19). The van der Waals surface area contributed by atoms with Crippen molar-refractivity contribution in [1.82, 2.24) is 15.5 Å². The van der Waals surface area contributed by atoms with E-state index in [2.05, 4.69) is 10.6 Å². The molecule has 0 aromatic carbocycles. The molecular weight excluding hydrogens is 242 g/mol. The number of amides is 2. The topological polar surface area (TPSA) is 61.4 Å². The van der Waals surface area contributed by atoms with Gasteiger partial charge >= 0.3 is 0 Å². The van der Waals surface area contributed by atoms with Gasteiger partial charge in [-0.25, -0.2) is 0 Å². The SMILES string of the molecule is CCCC(=O)N1CCCC(C(=O)NCCNCC)C1. The van der Waals surface area contributed by atoms with Crippen molar-refractivity contribution < 1.29 is 9.59 Å². The smallest absolute Gasteiger partial charge is 0.224 e. The fraction of sp³-hybridized carbons (Fsp3) is 0.857. The first-order valence-corrected chi connectivity index (χ1v) is 7.45. The molecule has 110 valence electrons. The van der Waals surface area contributed by atoms with E-state index in [9.17, 15) is 9.59 Å². The van der Waals surface area contributed by atoms with Gasteiger partial charge in [0.2, 0.25) is 11.8 Å². The third-order valence-electron chi connectivity index (χ3n) is 3.46. The lowest BCUT2D eigenvalue weighted by atomic mass is 9.97. The number of piperidine rings is 1. The van der Waals surface area contributed by atoms with Crippen LogP contribution in [-0.2, 0) is 9.59 Å². The van der Waals surface area contributed by atoms with E-state index in [1.54, 1.807) is 0 Å². The Balaban J connectivity index is 2.32. The summed E-state index contributed by atoms with van der Waals surface area (Å²) in [5.74, 6) is 0.246. The van der Waals surface area contributed by atoms with E-state index < -0.39 is 0 Å². The molecule has 1 aliphatic heterocycles. The van der Waals surface area contributed by atoms with Crippen LogP contribution in [0.25, 0.3) is 0 Å². The van der Waals surface area contributed by atoms with E-state index >= 15 is 0 Å². The van der Waals surface area contributed by atoms with E-state index in [4.69, 9.17) is 0 Å². The van der Waals surface area contributed by atoms with Crippen molar-refractivity contribution >= 4 is 11.8 Å². The molecule has 1 aliphatic rings. The molecule has 0 aromatic heterocycles. The van der Waals surface area contributed by atoms with Gasteiger partial charge in [0, 0.05) is 32.6 Å². The summed E-state index contributed by atoms with van der Waals surface area (Å²) < 4.78 is 0. The second-order valence-corrected chi connectivity index (χ2v) is 5.07. The van der Waals surface area contributed by atoms with Crippen LogP contribution < -0.4 is 10.6 Å². The lowest BCUT2D eigenvalue weighted by Crippen LogP contribution is -2.46. The summed E-state index contributed by atoms with van der Waals surface area (Å²) in [5, 5.41) is 6.11. The second kappa shape index (κ2) is 8.91. The lowest BCUT2D eigenvalue weighted by molar-refractivity contribution is -0.135. The molecule has 1 atom stereocenters. The van der Waals surface area contributed by atoms with E-state index in [0.717, 1.165) is 38.9 Å². The predicted octanol–water partition coefficient (Wildman–Crippen LogP) is 0.751. The van der Waals surface area contributed by atoms with Crippen LogP contribution in [0.4, 0.5) is 0 Å². The number of nitrogens with one attached hydrogen (secondary N) is 2. The van der Waals surface area contributed by atoms with Crippen LogP contribution in [-0.4, -0.2) is 49.4 Å². The number of nitrogens with zero attached hydrogens (tertiary/aromatic N) is 1. The molecule has 0 radical (unpaired) electrons. The summed E-state index contributed by atoms with van der Waals surface area (Å²) in [6.45, 7) is 7.82. The van der Waals surface area contributed by atoms with E-state index in [0.29, 0.717) is 19.5 Å². The van der Waals surface area contributed by atoms with Crippen LogP contribution in [0.1, 0.15) is 39.5 Å². The van der Waals surface area contributed by atoms with Gasteiger partial charge in [-0.2, -0.15) is 0 Å². The van der Waals surface area contributed by atoms with E-state index in [-0.39, 0.29) is 17.7 Å². The first-order chi connectivity index (χ1) is 9.19. The maximum Gasteiger partial charge on any atom is 0.224 e. The Kier molecular flexibility index (Phi) is 7.48. The molecule has 1 fully saturated rings. The number of likely N-dealkylation sites (tertiary alicyclic amines) is 1. The van der Waals surface area contributed by atoms with Crippen LogP contribution in [0.5, 0.6) is 0 Å². The highest BCUT2D eigenvalue weighted by Crippen LogP contribution is 2.17. The van der Waals surface area contributed by atoms with Crippen molar-refractivity contribution in [2.75, 3.05) is 32.7 Å². The molecule has 0 aromatic rings. The fourth-order valence-corrected chi connectivity index (χ4v) is 2.38. The van der Waals surface area contributed by atoms with Gasteiger partial charge in [0.25, 0.3) is 0 Å². The zero-order valence-electron chi connectivity index (χ0n) is 12.2.